The van der Waals surface area contributed by atoms with Crippen molar-refractivity contribution < 1.29 is 16.8 Å². The lowest BCUT2D eigenvalue weighted by Crippen LogP contribution is -2.22. The Balaban J connectivity index is 2.14. The molecule has 0 unspecified atom stereocenters. The number of hydrogen-bond acceptors (Lipinski definition) is 5. The van der Waals surface area contributed by atoms with Gasteiger partial charge in [0.25, 0.3) is 10.0 Å². The molecule has 0 N–H and O–H groups in total. The fourth-order valence-electron chi connectivity index (χ4n) is 2.53. The van der Waals surface area contributed by atoms with Crippen molar-refractivity contribution in [3.05, 3.63) is 54.4 Å². The lowest BCUT2D eigenvalue weighted by Gasteiger charge is -2.12. The van der Waals surface area contributed by atoms with Crippen molar-refractivity contribution in [1.29, 1.82) is 0 Å². The van der Waals surface area contributed by atoms with Gasteiger partial charge < -0.3 is 0 Å². The monoisotopic (exact) mass is 379 g/mol. The molecule has 0 aliphatic rings. The van der Waals surface area contributed by atoms with E-state index < -0.39 is 20.0 Å². The van der Waals surface area contributed by atoms with E-state index in [1.165, 1.54) is 38.4 Å². The fourth-order valence-corrected chi connectivity index (χ4v) is 4.92. The molecule has 0 radical (unpaired) electrons. The molecule has 0 spiro atoms. The van der Waals surface area contributed by atoms with Gasteiger partial charge in [0.15, 0.2) is 0 Å². The molecule has 0 bridgehead atoms. The Morgan fingerprint density at radius 2 is 1.44 bits per heavy atom. The third-order valence-corrected chi connectivity index (χ3v) is 7.46. The maximum atomic E-state index is 13.0. The fraction of sp³-hybridized carbons (Fsp3) is 0.188. The Kier molecular flexibility index (Phi) is 4.18. The second-order valence-corrected chi connectivity index (χ2v) is 9.61. The van der Waals surface area contributed by atoms with Crippen LogP contribution in [-0.2, 0) is 20.0 Å². The quantitative estimate of drug-likeness (QED) is 0.690. The highest BCUT2D eigenvalue weighted by molar-refractivity contribution is 7.90. The van der Waals surface area contributed by atoms with Gasteiger partial charge in [-0.3, -0.25) is 0 Å². The molecule has 3 rings (SSSR count). The highest BCUT2D eigenvalue weighted by Gasteiger charge is 2.24. The lowest BCUT2D eigenvalue weighted by molar-refractivity contribution is 0.520. The largest absolute Gasteiger partial charge is 0.269 e. The van der Waals surface area contributed by atoms with E-state index in [0.29, 0.717) is 16.9 Å². The Bertz CT molecular complexity index is 1150. The van der Waals surface area contributed by atoms with E-state index in [2.05, 4.69) is 4.98 Å². The van der Waals surface area contributed by atoms with Gasteiger partial charge in [-0.15, -0.1) is 0 Å². The third kappa shape index (κ3) is 2.84. The molecule has 1 heterocycles. The summed E-state index contributed by atoms with van der Waals surface area (Å²) in [5, 5.41) is 0. The van der Waals surface area contributed by atoms with Crippen LogP contribution < -0.4 is 0 Å². The van der Waals surface area contributed by atoms with Gasteiger partial charge in [0.1, 0.15) is 5.82 Å². The molecule has 0 amide bonds. The van der Waals surface area contributed by atoms with E-state index in [0.717, 1.165) is 8.28 Å². The molecule has 0 atom stereocenters. The van der Waals surface area contributed by atoms with Gasteiger partial charge in [-0.2, -0.15) is 0 Å². The molecule has 0 aliphatic heterocycles. The van der Waals surface area contributed by atoms with E-state index in [1.54, 1.807) is 31.2 Å². The topological polar surface area (TPSA) is 89.3 Å². The number of imidazole rings is 1. The van der Waals surface area contributed by atoms with Crippen LogP contribution in [0.2, 0.25) is 0 Å². The van der Waals surface area contributed by atoms with Crippen LogP contribution in [0.15, 0.2) is 58.3 Å². The van der Waals surface area contributed by atoms with Gasteiger partial charge in [0.05, 0.1) is 20.8 Å². The molecule has 7 nitrogen and oxygen atoms in total. The molecule has 3 aromatic rings. The number of aromatic nitrogens is 2. The predicted octanol–water partition coefficient (Wildman–Crippen LogP) is 1.83. The first kappa shape index (κ1) is 17.6. The van der Waals surface area contributed by atoms with Crippen molar-refractivity contribution in [3.63, 3.8) is 0 Å². The predicted molar refractivity (Wildman–Crippen MR) is 94.4 cm³/mol. The Morgan fingerprint density at radius 3 is 2.04 bits per heavy atom. The van der Waals surface area contributed by atoms with E-state index in [9.17, 15) is 16.8 Å². The summed E-state index contributed by atoms with van der Waals surface area (Å²) in [6, 6.07) is 12.1. The minimum absolute atomic E-state index is 0.00328. The van der Waals surface area contributed by atoms with Crippen LogP contribution in [0.25, 0.3) is 11.0 Å². The summed E-state index contributed by atoms with van der Waals surface area (Å²) in [5.74, 6) is 0.339. The smallest absolute Gasteiger partial charge is 0.232 e. The first-order valence-electron chi connectivity index (χ1n) is 7.38. The summed E-state index contributed by atoms with van der Waals surface area (Å²) in [5.41, 5.74) is 1.06. The van der Waals surface area contributed by atoms with Crippen LogP contribution in [0.1, 0.15) is 5.82 Å². The van der Waals surface area contributed by atoms with E-state index in [4.69, 9.17) is 0 Å². The first-order chi connectivity index (χ1) is 11.7. The first-order valence-corrected chi connectivity index (χ1v) is 10.3. The highest BCUT2D eigenvalue weighted by atomic mass is 32.2. The molecule has 25 heavy (non-hydrogen) atoms. The third-order valence-electron chi connectivity index (χ3n) is 3.82. The summed E-state index contributed by atoms with van der Waals surface area (Å²) in [6.45, 7) is 1.61. The molecule has 1 aromatic heterocycles. The van der Waals surface area contributed by atoms with Crippen molar-refractivity contribution in [3.8, 4) is 0 Å². The zero-order valence-corrected chi connectivity index (χ0v) is 15.5. The summed E-state index contributed by atoms with van der Waals surface area (Å²) < 4.78 is 52.4. The molecule has 2 aromatic carbocycles. The molecule has 0 saturated carbocycles. The Hall–Kier alpha value is -2.23. The van der Waals surface area contributed by atoms with Crippen molar-refractivity contribution in [2.45, 2.75) is 16.7 Å². The number of hydrogen-bond donors (Lipinski definition) is 0. The SMILES string of the molecule is Cc1nc2ccccc2n1S(=O)(=O)c1ccc(S(=O)(=O)N(C)C)cc1. The van der Waals surface area contributed by atoms with Gasteiger partial charge >= 0.3 is 0 Å². The van der Waals surface area contributed by atoms with Crippen LogP contribution in [0.5, 0.6) is 0 Å². The van der Waals surface area contributed by atoms with Crippen molar-refractivity contribution in [1.82, 2.24) is 13.3 Å². The maximum Gasteiger partial charge on any atom is 0.269 e. The molecule has 0 fully saturated rings. The minimum Gasteiger partial charge on any atom is -0.232 e. The summed E-state index contributed by atoms with van der Waals surface area (Å²) in [7, 11) is -4.67. The van der Waals surface area contributed by atoms with E-state index in [1.807, 2.05) is 0 Å². The number of benzene rings is 2. The van der Waals surface area contributed by atoms with Gasteiger partial charge in [0, 0.05) is 14.1 Å². The molecule has 9 heteroatoms. The highest BCUT2D eigenvalue weighted by Crippen LogP contribution is 2.24. The van der Waals surface area contributed by atoms with Crippen LogP contribution >= 0.6 is 0 Å². The van der Waals surface area contributed by atoms with Crippen molar-refractivity contribution in [2.75, 3.05) is 14.1 Å². The van der Waals surface area contributed by atoms with Gasteiger partial charge in [0.2, 0.25) is 10.0 Å². The average Bonchev–Trinajstić information content (AvgIpc) is 2.91. The maximum absolute atomic E-state index is 13.0. The van der Waals surface area contributed by atoms with Gasteiger partial charge in [-0.25, -0.2) is 30.1 Å². The summed E-state index contributed by atoms with van der Waals surface area (Å²) in [6.07, 6.45) is 0. The molecular formula is C16H17N3O4S2. The summed E-state index contributed by atoms with van der Waals surface area (Å²) >= 11 is 0. The molecular weight excluding hydrogens is 362 g/mol. The zero-order chi connectivity index (χ0) is 18.4. The minimum atomic E-state index is -3.89. The summed E-state index contributed by atoms with van der Waals surface area (Å²) in [4.78, 5) is 4.29. The average molecular weight is 379 g/mol. The van der Waals surface area contributed by atoms with Gasteiger partial charge in [-0.1, -0.05) is 12.1 Å². The van der Waals surface area contributed by atoms with Crippen molar-refractivity contribution >= 4 is 31.1 Å². The van der Waals surface area contributed by atoms with Crippen LogP contribution in [0.3, 0.4) is 0 Å². The van der Waals surface area contributed by atoms with Crippen molar-refractivity contribution in [2.24, 2.45) is 0 Å². The van der Waals surface area contributed by atoms with Crippen LogP contribution in [-0.4, -0.2) is 44.2 Å². The second-order valence-electron chi connectivity index (χ2n) is 5.68. The Labute approximate surface area is 146 Å². The number of sulfonamides is 1. The second kappa shape index (κ2) is 5.94. The number of nitrogens with zero attached hydrogens (tertiary/aromatic N) is 3. The molecule has 0 saturated heterocycles. The molecule has 132 valence electrons. The van der Waals surface area contributed by atoms with Crippen LogP contribution in [0, 0.1) is 6.92 Å². The van der Waals surface area contributed by atoms with Crippen LogP contribution in [0.4, 0.5) is 0 Å². The lowest BCUT2D eigenvalue weighted by atomic mass is 10.3. The molecule has 0 aliphatic carbocycles. The van der Waals surface area contributed by atoms with Gasteiger partial charge in [-0.05, 0) is 43.3 Å². The van der Waals surface area contributed by atoms with E-state index in [-0.39, 0.29) is 9.79 Å². The Morgan fingerprint density at radius 1 is 0.880 bits per heavy atom. The number of aryl methyl sites for hydroxylation is 1. The standard InChI is InChI=1S/C16H17N3O4S2/c1-12-17-15-6-4-5-7-16(15)19(12)25(22,23)14-10-8-13(9-11-14)24(20,21)18(2)3/h4-11H,1-3H3. The van der Waals surface area contributed by atoms with E-state index >= 15 is 0 Å². The number of fused-ring (bicyclic) bond motifs is 1. The number of para-hydroxylation sites is 2. The zero-order valence-electron chi connectivity index (χ0n) is 13.9. The normalized spacial score (nSPS) is 12.8. The number of rotatable bonds is 4.